The Morgan fingerprint density at radius 2 is 2.00 bits per heavy atom. The lowest BCUT2D eigenvalue weighted by Crippen LogP contribution is -2.23. The summed E-state index contributed by atoms with van der Waals surface area (Å²) in [5.74, 6) is -0.645. The SMILES string of the molecule is C=CCNC(=O)c1cncc(Nc2cccc(C(=O)OC)c2)c1. The number of nitrogens with zero attached hydrogens (tertiary/aromatic N) is 1. The first kappa shape index (κ1) is 16.2. The van der Waals surface area contributed by atoms with Crippen LogP contribution in [0.15, 0.2) is 55.4 Å². The van der Waals surface area contributed by atoms with Gasteiger partial charge in [-0.2, -0.15) is 0 Å². The van der Waals surface area contributed by atoms with Crippen LogP contribution in [-0.4, -0.2) is 30.5 Å². The number of carbonyl (C=O) groups excluding carboxylic acids is 2. The third-order valence-electron chi connectivity index (χ3n) is 2.98. The van der Waals surface area contributed by atoms with Crippen LogP contribution in [0.3, 0.4) is 0 Å². The number of nitrogens with one attached hydrogen (secondary N) is 2. The van der Waals surface area contributed by atoms with Crippen molar-refractivity contribution in [2.45, 2.75) is 0 Å². The predicted molar refractivity (Wildman–Crippen MR) is 87.8 cm³/mol. The minimum absolute atomic E-state index is 0.232. The molecule has 1 amide bonds. The highest BCUT2D eigenvalue weighted by Crippen LogP contribution is 2.18. The summed E-state index contributed by atoms with van der Waals surface area (Å²) in [6.45, 7) is 3.94. The van der Waals surface area contributed by atoms with Crippen LogP contribution in [0.2, 0.25) is 0 Å². The average molecular weight is 311 g/mol. The smallest absolute Gasteiger partial charge is 0.337 e. The lowest BCUT2D eigenvalue weighted by Gasteiger charge is -2.09. The zero-order valence-electron chi connectivity index (χ0n) is 12.7. The topological polar surface area (TPSA) is 80.3 Å². The lowest BCUT2D eigenvalue weighted by molar-refractivity contribution is 0.0600. The second-order valence-electron chi connectivity index (χ2n) is 4.66. The minimum Gasteiger partial charge on any atom is -0.465 e. The van der Waals surface area contributed by atoms with Gasteiger partial charge in [0.05, 0.1) is 30.1 Å². The molecule has 23 heavy (non-hydrogen) atoms. The molecule has 0 saturated carbocycles. The van der Waals surface area contributed by atoms with Gasteiger partial charge in [-0.3, -0.25) is 9.78 Å². The van der Waals surface area contributed by atoms with E-state index >= 15 is 0 Å². The van der Waals surface area contributed by atoms with E-state index in [1.165, 1.54) is 13.3 Å². The van der Waals surface area contributed by atoms with Gasteiger partial charge in [0.25, 0.3) is 5.91 Å². The molecule has 0 atom stereocenters. The van der Waals surface area contributed by atoms with E-state index in [0.717, 1.165) is 0 Å². The standard InChI is InChI=1S/C17H17N3O3/c1-3-7-19-16(21)13-9-15(11-18-10-13)20-14-6-4-5-12(8-14)17(22)23-2/h3-6,8-11,20H,1,7H2,2H3,(H,19,21). The van der Waals surface area contributed by atoms with Crippen molar-refractivity contribution in [2.24, 2.45) is 0 Å². The van der Waals surface area contributed by atoms with E-state index in [0.29, 0.717) is 29.0 Å². The fraction of sp³-hybridized carbons (Fsp3) is 0.118. The van der Waals surface area contributed by atoms with E-state index < -0.39 is 5.97 Å². The van der Waals surface area contributed by atoms with E-state index in [1.807, 2.05) is 0 Å². The molecular formula is C17H17N3O3. The number of anilines is 2. The molecule has 6 nitrogen and oxygen atoms in total. The van der Waals surface area contributed by atoms with Crippen molar-refractivity contribution < 1.29 is 14.3 Å². The summed E-state index contributed by atoms with van der Waals surface area (Å²) in [5.41, 5.74) is 2.20. The van der Waals surface area contributed by atoms with Crippen molar-refractivity contribution in [3.8, 4) is 0 Å². The highest BCUT2D eigenvalue weighted by molar-refractivity contribution is 5.95. The molecule has 0 radical (unpaired) electrons. The van der Waals surface area contributed by atoms with E-state index in [4.69, 9.17) is 0 Å². The van der Waals surface area contributed by atoms with E-state index in [1.54, 1.807) is 42.6 Å². The molecule has 0 aliphatic carbocycles. The third-order valence-corrected chi connectivity index (χ3v) is 2.98. The maximum absolute atomic E-state index is 11.9. The molecule has 0 spiro atoms. The van der Waals surface area contributed by atoms with Crippen molar-refractivity contribution in [3.05, 3.63) is 66.5 Å². The van der Waals surface area contributed by atoms with Gasteiger partial charge >= 0.3 is 5.97 Å². The molecule has 0 aliphatic rings. The Bertz CT molecular complexity index is 729. The first-order valence-corrected chi connectivity index (χ1v) is 6.93. The largest absolute Gasteiger partial charge is 0.465 e. The van der Waals surface area contributed by atoms with E-state index in [-0.39, 0.29) is 5.91 Å². The predicted octanol–water partition coefficient (Wildman–Crippen LogP) is 2.53. The van der Waals surface area contributed by atoms with Crippen molar-refractivity contribution in [3.63, 3.8) is 0 Å². The number of carbonyl (C=O) groups is 2. The number of ether oxygens (including phenoxy) is 1. The van der Waals surface area contributed by atoms with Crippen LogP contribution in [0, 0.1) is 0 Å². The summed E-state index contributed by atoms with van der Waals surface area (Å²) in [5, 5.41) is 5.79. The number of amides is 1. The molecular weight excluding hydrogens is 294 g/mol. The summed E-state index contributed by atoms with van der Waals surface area (Å²) in [6.07, 6.45) is 4.68. The zero-order valence-corrected chi connectivity index (χ0v) is 12.7. The van der Waals surface area contributed by atoms with Crippen molar-refractivity contribution in [1.29, 1.82) is 0 Å². The van der Waals surface area contributed by atoms with Crippen LogP contribution in [0.5, 0.6) is 0 Å². The molecule has 1 aromatic carbocycles. The van der Waals surface area contributed by atoms with Crippen molar-refractivity contribution in [2.75, 3.05) is 19.0 Å². The molecule has 118 valence electrons. The van der Waals surface area contributed by atoms with Crippen LogP contribution in [0.1, 0.15) is 20.7 Å². The fourth-order valence-corrected chi connectivity index (χ4v) is 1.91. The lowest BCUT2D eigenvalue weighted by atomic mass is 10.2. The highest BCUT2D eigenvalue weighted by Gasteiger charge is 2.08. The third kappa shape index (κ3) is 4.41. The number of hydrogen-bond donors (Lipinski definition) is 2. The fourth-order valence-electron chi connectivity index (χ4n) is 1.91. The Morgan fingerprint density at radius 1 is 1.22 bits per heavy atom. The Morgan fingerprint density at radius 3 is 2.74 bits per heavy atom. The van der Waals surface area contributed by atoms with Gasteiger partial charge < -0.3 is 15.4 Å². The molecule has 2 N–H and O–H groups in total. The second kappa shape index (κ2) is 7.74. The van der Waals surface area contributed by atoms with Gasteiger partial charge in [0.1, 0.15) is 0 Å². The number of aromatic nitrogens is 1. The van der Waals surface area contributed by atoms with Gasteiger partial charge in [-0.15, -0.1) is 6.58 Å². The first-order chi connectivity index (χ1) is 11.1. The number of methoxy groups -OCH3 is 1. The van der Waals surface area contributed by atoms with Crippen molar-refractivity contribution in [1.82, 2.24) is 10.3 Å². The van der Waals surface area contributed by atoms with Crippen LogP contribution in [0.25, 0.3) is 0 Å². The molecule has 0 bridgehead atoms. The highest BCUT2D eigenvalue weighted by atomic mass is 16.5. The molecule has 0 saturated heterocycles. The Balaban J connectivity index is 2.16. The first-order valence-electron chi connectivity index (χ1n) is 6.93. The minimum atomic E-state index is -0.413. The van der Waals surface area contributed by atoms with Gasteiger partial charge in [-0.1, -0.05) is 12.1 Å². The van der Waals surface area contributed by atoms with Crippen LogP contribution >= 0.6 is 0 Å². The summed E-state index contributed by atoms with van der Waals surface area (Å²) in [7, 11) is 1.33. The maximum atomic E-state index is 11.9. The van der Waals surface area contributed by atoms with Gasteiger partial charge in [0, 0.05) is 18.4 Å². The number of rotatable bonds is 6. The summed E-state index contributed by atoms with van der Waals surface area (Å²) >= 11 is 0. The van der Waals surface area contributed by atoms with Gasteiger partial charge in [0.15, 0.2) is 0 Å². The monoisotopic (exact) mass is 311 g/mol. The summed E-state index contributed by atoms with van der Waals surface area (Å²) in [6, 6.07) is 8.54. The number of pyridine rings is 1. The molecule has 2 aromatic rings. The quantitative estimate of drug-likeness (QED) is 0.633. The maximum Gasteiger partial charge on any atom is 0.337 e. The molecule has 1 heterocycles. The van der Waals surface area contributed by atoms with Gasteiger partial charge in [0.2, 0.25) is 0 Å². The number of esters is 1. The Hall–Kier alpha value is -3.15. The van der Waals surface area contributed by atoms with E-state index in [9.17, 15) is 9.59 Å². The number of hydrogen-bond acceptors (Lipinski definition) is 5. The Labute approximate surface area is 134 Å². The summed E-state index contributed by atoms with van der Waals surface area (Å²) in [4.78, 5) is 27.5. The molecule has 1 aromatic heterocycles. The normalized spacial score (nSPS) is 9.78. The molecule has 2 rings (SSSR count). The van der Waals surface area contributed by atoms with Crippen LogP contribution < -0.4 is 10.6 Å². The Kier molecular flexibility index (Phi) is 5.46. The number of benzene rings is 1. The van der Waals surface area contributed by atoms with Crippen molar-refractivity contribution >= 4 is 23.3 Å². The average Bonchev–Trinajstić information content (AvgIpc) is 2.59. The van der Waals surface area contributed by atoms with E-state index in [2.05, 4.69) is 26.9 Å². The molecule has 0 fully saturated rings. The summed E-state index contributed by atoms with van der Waals surface area (Å²) < 4.78 is 4.69. The van der Waals surface area contributed by atoms with Gasteiger partial charge in [-0.25, -0.2) is 4.79 Å². The van der Waals surface area contributed by atoms with Gasteiger partial charge in [-0.05, 0) is 24.3 Å². The van der Waals surface area contributed by atoms with Crippen LogP contribution in [-0.2, 0) is 4.74 Å². The molecule has 6 heteroatoms. The van der Waals surface area contributed by atoms with Crippen LogP contribution in [0.4, 0.5) is 11.4 Å². The molecule has 0 aliphatic heterocycles. The molecule has 0 unspecified atom stereocenters. The second-order valence-corrected chi connectivity index (χ2v) is 4.66. The zero-order chi connectivity index (χ0) is 16.7.